The van der Waals surface area contributed by atoms with E-state index in [0.29, 0.717) is 17.4 Å². The van der Waals surface area contributed by atoms with Gasteiger partial charge in [-0.1, -0.05) is 20.8 Å². The molecule has 3 heteroatoms. The predicted octanol–water partition coefficient (Wildman–Crippen LogP) is 5.08. The lowest BCUT2D eigenvalue weighted by Crippen LogP contribution is -2.36. The molecule has 2 nitrogen and oxygen atoms in total. The molecule has 0 aliphatic heterocycles. The van der Waals surface area contributed by atoms with Crippen molar-refractivity contribution >= 4 is 21.6 Å². The Hall–Kier alpha value is -0.700. The first-order valence-electron chi connectivity index (χ1n) is 7.01. The summed E-state index contributed by atoms with van der Waals surface area (Å²) in [6, 6.07) is 6.78. The molecule has 1 aliphatic carbocycles. The van der Waals surface area contributed by atoms with Crippen LogP contribution in [0.5, 0.6) is 5.75 Å². The highest BCUT2D eigenvalue weighted by Gasteiger charge is 2.32. The van der Waals surface area contributed by atoms with Crippen LogP contribution in [0, 0.1) is 11.3 Å². The number of benzene rings is 1. The highest BCUT2D eigenvalue weighted by molar-refractivity contribution is 9.10. The van der Waals surface area contributed by atoms with E-state index in [-0.39, 0.29) is 0 Å². The van der Waals surface area contributed by atoms with Gasteiger partial charge in [0.25, 0.3) is 0 Å². The van der Waals surface area contributed by atoms with E-state index in [2.05, 4.69) is 54.2 Å². The molecule has 19 heavy (non-hydrogen) atoms. The van der Waals surface area contributed by atoms with Crippen LogP contribution in [0.15, 0.2) is 22.7 Å². The molecule has 1 saturated carbocycles. The smallest absolute Gasteiger partial charge is 0.135 e. The summed E-state index contributed by atoms with van der Waals surface area (Å²) in [5, 5.41) is 3.67. The molecule has 2 atom stereocenters. The summed E-state index contributed by atoms with van der Waals surface area (Å²) in [7, 11) is 1.70. The Morgan fingerprint density at radius 2 is 2.11 bits per heavy atom. The Morgan fingerprint density at radius 1 is 1.37 bits per heavy atom. The second kappa shape index (κ2) is 5.74. The first-order valence-corrected chi connectivity index (χ1v) is 7.81. The van der Waals surface area contributed by atoms with Crippen molar-refractivity contribution in [3.05, 3.63) is 22.7 Å². The minimum atomic E-state index is 0.495. The van der Waals surface area contributed by atoms with E-state index in [0.717, 1.165) is 15.9 Å². The Bertz CT molecular complexity index is 444. The van der Waals surface area contributed by atoms with Crippen LogP contribution in [0.25, 0.3) is 0 Å². The first-order chi connectivity index (χ1) is 8.91. The molecule has 0 heterocycles. The maximum Gasteiger partial charge on any atom is 0.135 e. The lowest BCUT2D eigenvalue weighted by atomic mass is 9.70. The van der Waals surface area contributed by atoms with Crippen molar-refractivity contribution in [2.75, 3.05) is 12.4 Å². The average molecular weight is 326 g/mol. The van der Waals surface area contributed by atoms with Gasteiger partial charge in [0, 0.05) is 17.8 Å². The molecule has 1 aromatic carbocycles. The van der Waals surface area contributed by atoms with Gasteiger partial charge in [-0.05, 0) is 58.7 Å². The van der Waals surface area contributed by atoms with Crippen molar-refractivity contribution in [3.63, 3.8) is 0 Å². The van der Waals surface area contributed by atoms with Gasteiger partial charge >= 0.3 is 0 Å². The molecule has 0 bridgehead atoms. The fourth-order valence-corrected chi connectivity index (χ4v) is 3.53. The monoisotopic (exact) mass is 325 g/mol. The number of rotatable bonds is 3. The fraction of sp³-hybridized carbons (Fsp3) is 0.625. The highest BCUT2D eigenvalue weighted by atomic mass is 79.9. The molecule has 0 aromatic heterocycles. The second-order valence-corrected chi connectivity index (χ2v) is 7.34. The van der Waals surface area contributed by atoms with Crippen molar-refractivity contribution in [3.8, 4) is 5.75 Å². The lowest BCUT2D eigenvalue weighted by molar-refractivity contribution is 0.177. The van der Waals surface area contributed by atoms with Crippen LogP contribution in [0.2, 0.25) is 0 Å². The summed E-state index contributed by atoms with van der Waals surface area (Å²) >= 11 is 3.49. The third kappa shape index (κ3) is 3.65. The van der Waals surface area contributed by atoms with Crippen LogP contribution in [-0.4, -0.2) is 13.2 Å². The number of hydrogen-bond acceptors (Lipinski definition) is 2. The maximum atomic E-state index is 5.35. The van der Waals surface area contributed by atoms with Crippen LogP contribution >= 0.6 is 15.9 Å². The first kappa shape index (κ1) is 14.7. The van der Waals surface area contributed by atoms with E-state index in [4.69, 9.17) is 4.74 Å². The normalized spacial score (nSPS) is 25.9. The van der Waals surface area contributed by atoms with E-state index in [1.54, 1.807) is 7.11 Å². The predicted molar refractivity (Wildman–Crippen MR) is 84.9 cm³/mol. The van der Waals surface area contributed by atoms with E-state index < -0.39 is 0 Å². The molecule has 1 aromatic rings. The Morgan fingerprint density at radius 3 is 2.74 bits per heavy atom. The molecular weight excluding hydrogens is 302 g/mol. The zero-order chi connectivity index (χ0) is 14.0. The number of hydrogen-bond donors (Lipinski definition) is 1. The number of nitrogens with one attached hydrogen (secondary N) is 1. The number of ether oxygens (including phenoxy) is 1. The molecule has 0 amide bonds. The topological polar surface area (TPSA) is 21.3 Å². The number of methoxy groups -OCH3 is 1. The van der Waals surface area contributed by atoms with Gasteiger partial charge in [-0.2, -0.15) is 0 Å². The minimum absolute atomic E-state index is 0.495. The van der Waals surface area contributed by atoms with Gasteiger partial charge < -0.3 is 10.1 Å². The average Bonchev–Trinajstić information content (AvgIpc) is 2.34. The summed E-state index contributed by atoms with van der Waals surface area (Å²) in [5.41, 5.74) is 1.64. The summed E-state index contributed by atoms with van der Waals surface area (Å²) in [5.74, 6) is 1.59. The molecule has 2 rings (SSSR count). The lowest BCUT2D eigenvalue weighted by Gasteiger charge is -2.40. The summed E-state index contributed by atoms with van der Waals surface area (Å²) in [4.78, 5) is 0. The summed E-state index contributed by atoms with van der Waals surface area (Å²) < 4.78 is 6.35. The van der Waals surface area contributed by atoms with Crippen LogP contribution in [0.3, 0.4) is 0 Å². The highest BCUT2D eigenvalue weighted by Crippen LogP contribution is 2.40. The van der Waals surface area contributed by atoms with E-state index >= 15 is 0 Å². The largest absolute Gasteiger partial charge is 0.495 e. The van der Waals surface area contributed by atoms with Crippen molar-refractivity contribution < 1.29 is 4.74 Å². The molecule has 1 fully saturated rings. The molecule has 1 N–H and O–H groups in total. The minimum Gasteiger partial charge on any atom is -0.495 e. The van der Waals surface area contributed by atoms with Gasteiger partial charge in [0.2, 0.25) is 0 Å². The third-order valence-electron chi connectivity index (χ3n) is 4.20. The van der Waals surface area contributed by atoms with Crippen LogP contribution < -0.4 is 10.1 Å². The molecule has 0 spiro atoms. The standard InChI is InChI=1S/C16H24BrNO/c1-11-10-16(2,3)8-7-14(11)18-12-5-6-13(17)15(9-12)19-4/h5-6,9,11,14,18H,7-8,10H2,1-4H3. The number of halogens is 1. The van der Waals surface area contributed by atoms with Gasteiger partial charge in [-0.25, -0.2) is 0 Å². The maximum absolute atomic E-state index is 5.35. The quantitative estimate of drug-likeness (QED) is 0.836. The molecule has 106 valence electrons. The van der Waals surface area contributed by atoms with E-state index in [1.807, 2.05) is 6.07 Å². The van der Waals surface area contributed by atoms with Crippen LogP contribution in [0.4, 0.5) is 5.69 Å². The summed E-state index contributed by atoms with van der Waals surface area (Å²) in [6.07, 6.45) is 3.83. The second-order valence-electron chi connectivity index (χ2n) is 6.48. The van der Waals surface area contributed by atoms with Gasteiger partial charge in [0.1, 0.15) is 5.75 Å². The SMILES string of the molecule is COc1cc(NC2CCC(C)(C)CC2C)ccc1Br. The van der Waals surface area contributed by atoms with Crippen molar-refractivity contribution in [1.82, 2.24) is 0 Å². The van der Waals surface area contributed by atoms with Gasteiger partial charge in [0.05, 0.1) is 11.6 Å². The molecule has 0 radical (unpaired) electrons. The van der Waals surface area contributed by atoms with Gasteiger partial charge in [-0.15, -0.1) is 0 Å². The van der Waals surface area contributed by atoms with Crippen molar-refractivity contribution in [2.24, 2.45) is 11.3 Å². The van der Waals surface area contributed by atoms with Gasteiger partial charge in [0.15, 0.2) is 0 Å². The van der Waals surface area contributed by atoms with Crippen molar-refractivity contribution in [1.29, 1.82) is 0 Å². The van der Waals surface area contributed by atoms with Crippen LogP contribution in [0.1, 0.15) is 40.0 Å². The van der Waals surface area contributed by atoms with Gasteiger partial charge in [-0.3, -0.25) is 0 Å². The Kier molecular flexibility index (Phi) is 4.44. The van der Waals surface area contributed by atoms with E-state index in [9.17, 15) is 0 Å². The zero-order valence-electron chi connectivity index (χ0n) is 12.3. The fourth-order valence-electron chi connectivity index (χ4n) is 3.12. The zero-order valence-corrected chi connectivity index (χ0v) is 13.9. The van der Waals surface area contributed by atoms with Crippen LogP contribution in [-0.2, 0) is 0 Å². The third-order valence-corrected chi connectivity index (χ3v) is 4.85. The molecule has 0 saturated heterocycles. The summed E-state index contributed by atoms with van der Waals surface area (Å²) in [6.45, 7) is 7.11. The molecular formula is C16H24BrNO. The Labute approximate surface area is 125 Å². The Balaban J connectivity index is 2.05. The van der Waals surface area contributed by atoms with Crippen molar-refractivity contribution in [2.45, 2.75) is 46.1 Å². The molecule has 1 aliphatic rings. The van der Waals surface area contributed by atoms with E-state index in [1.165, 1.54) is 19.3 Å². The molecule has 2 unspecified atom stereocenters. The number of anilines is 1.